The van der Waals surface area contributed by atoms with Gasteiger partial charge in [-0.15, -0.1) is 11.3 Å². The van der Waals surface area contributed by atoms with Gasteiger partial charge in [-0.05, 0) is 30.5 Å². The summed E-state index contributed by atoms with van der Waals surface area (Å²) in [5.41, 5.74) is 0.337. The summed E-state index contributed by atoms with van der Waals surface area (Å²) in [5.74, 6) is 0.174. The van der Waals surface area contributed by atoms with Gasteiger partial charge in [0.15, 0.2) is 5.54 Å². The van der Waals surface area contributed by atoms with Gasteiger partial charge in [0.05, 0.1) is 12.2 Å². The largest absolute Gasteiger partial charge is 0.444 e. The quantitative estimate of drug-likeness (QED) is 0.730. The molecular formula is C18H15N3O3S. The molecule has 1 aliphatic rings. The molecule has 1 saturated heterocycles. The van der Waals surface area contributed by atoms with E-state index in [1.54, 1.807) is 6.92 Å². The fraction of sp³-hybridized carbons (Fsp3) is 0.167. The van der Waals surface area contributed by atoms with Crippen LogP contribution in [0.3, 0.4) is 0 Å². The van der Waals surface area contributed by atoms with Crippen LogP contribution < -0.4 is 5.32 Å². The smallest absolute Gasteiger partial charge is 0.325 e. The first-order valence-electron chi connectivity index (χ1n) is 7.76. The summed E-state index contributed by atoms with van der Waals surface area (Å²) in [5, 5.41) is 4.66. The van der Waals surface area contributed by atoms with Crippen molar-refractivity contribution in [3.8, 4) is 11.5 Å². The number of carbonyl (C=O) groups is 2. The Bertz CT molecular complexity index is 920. The summed E-state index contributed by atoms with van der Waals surface area (Å²) >= 11 is 1.44. The third kappa shape index (κ3) is 2.62. The monoisotopic (exact) mass is 353 g/mol. The summed E-state index contributed by atoms with van der Waals surface area (Å²) in [6.07, 6.45) is 1.48. The number of carbonyl (C=O) groups excluding carboxylic acids is 2. The maximum atomic E-state index is 12.8. The SMILES string of the molecule is CC1(c2cccs2)NC(=O)N(Cc2coc(-c3ccccc3)n2)C1=O. The predicted molar refractivity (Wildman–Crippen MR) is 92.7 cm³/mol. The summed E-state index contributed by atoms with van der Waals surface area (Å²) in [6.45, 7) is 1.79. The molecule has 1 fully saturated rings. The number of benzene rings is 1. The average Bonchev–Trinajstić information content (AvgIpc) is 3.34. The van der Waals surface area contributed by atoms with Gasteiger partial charge in [0.25, 0.3) is 5.91 Å². The lowest BCUT2D eigenvalue weighted by molar-refractivity contribution is -0.131. The topological polar surface area (TPSA) is 75.4 Å². The summed E-state index contributed by atoms with van der Waals surface area (Å²) in [7, 11) is 0. The third-order valence-corrected chi connectivity index (χ3v) is 5.27. The molecule has 7 heteroatoms. The number of aromatic nitrogens is 1. The predicted octanol–water partition coefficient (Wildman–Crippen LogP) is 3.37. The number of nitrogens with zero attached hydrogens (tertiary/aromatic N) is 2. The van der Waals surface area contributed by atoms with Crippen molar-refractivity contribution in [1.82, 2.24) is 15.2 Å². The molecule has 1 aromatic carbocycles. The van der Waals surface area contributed by atoms with E-state index >= 15 is 0 Å². The Morgan fingerprint density at radius 1 is 1.20 bits per heavy atom. The van der Waals surface area contributed by atoms with E-state index in [2.05, 4.69) is 10.3 Å². The molecule has 2 aromatic heterocycles. The van der Waals surface area contributed by atoms with Crippen LogP contribution in [0.4, 0.5) is 4.79 Å². The molecule has 0 saturated carbocycles. The number of oxazole rings is 1. The molecule has 3 aromatic rings. The molecule has 3 heterocycles. The van der Waals surface area contributed by atoms with Crippen molar-refractivity contribution in [2.75, 3.05) is 0 Å². The van der Waals surface area contributed by atoms with Gasteiger partial charge >= 0.3 is 6.03 Å². The Morgan fingerprint density at radius 2 is 2.00 bits per heavy atom. The highest BCUT2D eigenvalue weighted by atomic mass is 32.1. The minimum Gasteiger partial charge on any atom is -0.444 e. The van der Waals surface area contributed by atoms with E-state index in [-0.39, 0.29) is 12.5 Å². The molecule has 0 spiro atoms. The van der Waals surface area contributed by atoms with Crippen molar-refractivity contribution in [2.45, 2.75) is 19.0 Å². The standard InChI is InChI=1S/C18H15N3O3S/c1-18(14-8-5-9-25-14)16(22)21(17(23)20-18)10-13-11-24-15(19-13)12-6-3-2-4-7-12/h2-9,11H,10H2,1H3,(H,20,23). The van der Waals surface area contributed by atoms with Gasteiger partial charge in [0, 0.05) is 10.4 Å². The van der Waals surface area contributed by atoms with E-state index in [4.69, 9.17) is 4.42 Å². The molecule has 0 bridgehead atoms. The molecule has 3 amide bonds. The van der Waals surface area contributed by atoms with E-state index in [0.29, 0.717) is 11.6 Å². The van der Waals surface area contributed by atoms with Crippen LogP contribution in [0.1, 0.15) is 17.5 Å². The van der Waals surface area contributed by atoms with Crippen LogP contribution in [-0.4, -0.2) is 21.8 Å². The Kier molecular flexibility index (Phi) is 3.65. The third-order valence-electron chi connectivity index (χ3n) is 4.18. The van der Waals surface area contributed by atoms with Crippen LogP contribution >= 0.6 is 11.3 Å². The van der Waals surface area contributed by atoms with Gasteiger partial charge in [0.1, 0.15) is 6.26 Å². The lowest BCUT2D eigenvalue weighted by Crippen LogP contribution is -2.40. The van der Waals surface area contributed by atoms with Crippen molar-refractivity contribution in [1.29, 1.82) is 0 Å². The first kappa shape index (κ1) is 15.6. The lowest BCUT2D eigenvalue weighted by Gasteiger charge is -2.19. The molecule has 0 aliphatic carbocycles. The van der Waals surface area contributed by atoms with Gasteiger partial charge in [-0.25, -0.2) is 9.78 Å². The van der Waals surface area contributed by atoms with Gasteiger partial charge < -0.3 is 9.73 Å². The molecule has 0 radical (unpaired) electrons. The number of urea groups is 1. The number of imide groups is 1. The first-order chi connectivity index (χ1) is 12.1. The molecule has 1 aliphatic heterocycles. The van der Waals surface area contributed by atoms with Gasteiger partial charge in [-0.2, -0.15) is 0 Å². The second-order valence-corrected chi connectivity index (χ2v) is 6.88. The highest BCUT2D eigenvalue weighted by molar-refractivity contribution is 7.10. The Morgan fingerprint density at radius 3 is 2.72 bits per heavy atom. The summed E-state index contributed by atoms with van der Waals surface area (Å²) in [4.78, 5) is 31.5. The minimum absolute atomic E-state index is 0.0714. The second-order valence-electron chi connectivity index (χ2n) is 5.93. The highest BCUT2D eigenvalue weighted by Gasteiger charge is 2.49. The number of hydrogen-bond acceptors (Lipinski definition) is 5. The maximum absolute atomic E-state index is 12.8. The Labute approximate surface area is 148 Å². The number of rotatable bonds is 4. The minimum atomic E-state index is -1.03. The van der Waals surface area contributed by atoms with Gasteiger partial charge in [0.2, 0.25) is 5.89 Å². The van der Waals surface area contributed by atoms with Gasteiger partial charge in [-0.1, -0.05) is 24.3 Å². The number of hydrogen-bond donors (Lipinski definition) is 1. The Hall–Kier alpha value is -2.93. The lowest BCUT2D eigenvalue weighted by atomic mass is 10.0. The van der Waals surface area contributed by atoms with Crippen molar-refractivity contribution < 1.29 is 14.0 Å². The zero-order valence-corrected chi connectivity index (χ0v) is 14.2. The molecule has 4 rings (SSSR count). The first-order valence-corrected chi connectivity index (χ1v) is 8.64. The van der Waals surface area contributed by atoms with E-state index < -0.39 is 11.6 Å². The van der Waals surface area contributed by atoms with E-state index in [1.165, 1.54) is 22.5 Å². The molecular weight excluding hydrogens is 338 g/mol. The van der Waals surface area contributed by atoms with E-state index in [1.807, 2.05) is 47.8 Å². The summed E-state index contributed by atoms with van der Waals surface area (Å²) < 4.78 is 5.48. The number of amides is 3. The van der Waals surface area contributed by atoms with Crippen molar-refractivity contribution in [2.24, 2.45) is 0 Å². The van der Waals surface area contributed by atoms with Crippen molar-refractivity contribution in [3.63, 3.8) is 0 Å². The molecule has 1 atom stereocenters. The van der Waals surface area contributed by atoms with Crippen LogP contribution in [0.2, 0.25) is 0 Å². The second kappa shape index (κ2) is 5.86. The van der Waals surface area contributed by atoms with Crippen molar-refractivity contribution in [3.05, 3.63) is 64.7 Å². The van der Waals surface area contributed by atoms with Crippen LogP contribution in [-0.2, 0) is 16.9 Å². The zero-order chi connectivity index (χ0) is 17.4. The average molecular weight is 353 g/mol. The highest BCUT2D eigenvalue weighted by Crippen LogP contribution is 2.32. The molecule has 126 valence electrons. The molecule has 6 nitrogen and oxygen atoms in total. The van der Waals surface area contributed by atoms with E-state index in [9.17, 15) is 9.59 Å². The van der Waals surface area contributed by atoms with E-state index in [0.717, 1.165) is 10.4 Å². The van der Waals surface area contributed by atoms with Gasteiger partial charge in [-0.3, -0.25) is 9.69 Å². The van der Waals surface area contributed by atoms with Crippen molar-refractivity contribution >= 4 is 23.3 Å². The Balaban J connectivity index is 1.56. The number of nitrogens with one attached hydrogen (secondary N) is 1. The van der Waals surface area contributed by atoms with Crippen LogP contribution in [0.5, 0.6) is 0 Å². The van der Waals surface area contributed by atoms with Crippen LogP contribution in [0, 0.1) is 0 Å². The van der Waals surface area contributed by atoms with Crippen LogP contribution in [0.25, 0.3) is 11.5 Å². The molecule has 25 heavy (non-hydrogen) atoms. The fourth-order valence-corrected chi connectivity index (χ4v) is 3.66. The van der Waals surface area contributed by atoms with Crippen LogP contribution in [0.15, 0.2) is 58.5 Å². The molecule has 1 unspecified atom stereocenters. The zero-order valence-electron chi connectivity index (χ0n) is 13.4. The fourth-order valence-electron chi connectivity index (χ4n) is 2.83. The molecule has 1 N–H and O–H groups in total. The number of thiophene rings is 1. The maximum Gasteiger partial charge on any atom is 0.325 e. The summed E-state index contributed by atoms with van der Waals surface area (Å²) in [6, 6.07) is 12.7. The normalized spacial score (nSPS) is 20.1.